The molecular weight excluding hydrogens is 270 g/mol. The number of nitrogens with zero attached hydrogens (tertiary/aromatic N) is 1. The van der Waals surface area contributed by atoms with Crippen LogP contribution in [0.25, 0.3) is 0 Å². The highest BCUT2D eigenvalue weighted by molar-refractivity contribution is 5.44. The van der Waals surface area contributed by atoms with E-state index in [0.717, 1.165) is 32.0 Å². The number of non-ortho nitro benzene ring substituents is 1. The van der Waals surface area contributed by atoms with Gasteiger partial charge in [0.1, 0.15) is 5.75 Å². The molecule has 1 aromatic rings. The highest BCUT2D eigenvalue weighted by atomic mass is 19.3. The summed E-state index contributed by atoms with van der Waals surface area (Å²) in [6.45, 7) is 2.24. The molecule has 1 atom stereocenters. The standard InChI is InChI=1S/C13H16F2N2O3/c14-13(15)11-7-10(17(18)19)1-2-12(11)20-6-4-9-3-5-16-8-9/h1-2,7,9,13,16H,3-6,8H2. The van der Waals surface area contributed by atoms with Crippen molar-refractivity contribution in [1.29, 1.82) is 0 Å². The third kappa shape index (κ3) is 3.63. The number of nitrogens with one attached hydrogen (secondary N) is 1. The number of rotatable bonds is 6. The molecule has 0 radical (unpaired) electrons. The van der Waals surface area contributed by atoms with E-state index >= 15 is 0 Å². The molecule has 1 heterocycles. The molecule has 1 N–H and O–H groups in total. The van der Waals surface area contributed by atoms with E-state index in [0.29, 0.717) is 12.5 Å². The van der Waals surface area contributed by atoms with Crippen LogP contribution in [0, 0.1) is 16.0 Å². The molecule has 1 aliphatic heterocycles. The van der Waals surface area contributed by atoms with Gasteiger partial charge in [-0.05, 0) is 37.9 Å². The van der Waals surface area contributed by atoms with Gasteiger partial charge in [-0.1, -0.05) is 0 Å². The molecular formula is C13H16F2N2O3. The third-order valence-electron chi connectivity index (χ3n) is 3.39. The molecule has 2 rings (SSSR count). The number of hydrogen-bond acceptors (Lipinski definition) is 4. The highest BCUT2D eigenvalue weighted by Crippen LogP contribution is 2.32. The van der Waals surface area contributed by atoms with Crippen molar-refractivity contribution in [3.63, 3.8) is 0 Å². The number of halogens is 2. The maximum atomic E-state index is 12.9. The number of ether oxygens (including phenoxy) is 1. The molecule has 5 nitrogen and oxygen atoms in total. The number of alkyl halides is 2. The van der Waals surface area contributed by atoms with E-state index in [1.54, 1.807) is 0 Å². The maximum Gasteiger partial charge on any atom is 0.270 e. The van der Waals surface area contributed by atoms with E-state index in [4.69, 9.17) is 4.74 Å². The SMILES string of the molecule is O=[N+]([O-])c1ccc(OCCC2CCNC2)c(C(F)F)c1. The van der Waals surface area contributed by atoms with Gasteiger partial charge in [-0.2, -0.15) is 0 Å². The van der Waals surface area contributed by atoms with Crippen LogP contribution in [0.15, 0.2) is 18.2 Å². The Hall–Kier alpha value is -1.76. The fraction of sp³-hybridized carbons (Fsp3) is 0.538. The molecule has 0 spiro atoms. The molecule has 1 fully saturated rings. The lowest BCUT2D eigenvalue weighted by Gasteiger charge is -2.13. The fourth-order valence-corrected chi connectivity index (χ4v) is 2.25. The second-order valence-electron chi connectivity index (χ2n) is 4.78. The van der Waals surface area contributed by atoms with Crippen molar-refractivity contribution in [3.05, 3.63) is 33.9 Å². The Labute approximate surface area is 115 Å². The van der Waals surface area contributed by atoms with Gasteiger partial charge in [0.2, 0.25) is 0 Å². The summed E-state index contributed by atoms with van der Waals surface area (Å²) < 4.78 is 31.1. The van der Waals surface area contributed by atoms with Crippen molar-refractivity contribution < 1.29 is 18.4 Å². The molecule has 110 valence electrons. The number of nitro benzene ring substituents is 1. The lowest BCUT2D eigenvalue weighted by atomic mass is 10.1. The van der Waals surface area contributed by atoms with Gasteiger partial charge in [0.25, 0.3) is 12.1 Å². The Morgan fingerprint density at radius 3 is 2.90 bits per heavy atom. The lowest BCUT2D eigenvalue weighted by Crippen LogP contribution is -2.12. The summed E-state index contributed by atoms with van der Waals surface area (Å²) in [6, 6.07) is 3.29. The first-order valence-corrected chi connectivity index (χ1v) is 6.48. The summed E-state index contributed by atoms with van der Waals surface area (Å²) in [5.41, 5.74) is -0.781. The minimum atomic E-state index is -2.79. The molecule has 1 unspecified atom stereocenters. The van der Waals surface area contributed by atoms with Crippen LogP contribution in [-0.4, -0.2) is 24.6 Å². The van der Waals surface area contributed by atoms with Crippen LogP contribution in [0.4, 0.5) is 14.5 Å². The monoisotopic (exact) mass is 286 g/mol. The molecule has 20 heavy (non-hydrogen) atoms. The van der Waals surface area contributed by atoms with Gasteiger partial charge < -0.3 is 10.1 Å². The van der Waals surface area contributed by atoms with Gasteiger partial charge in [0.15, 0.2) is 0 Å². The Morgan fingerprint density at radius 2 is 2.30 bits per heavy atom. The van der Waals surface area contributed by atoms with Crippen LogP contribution < -0.4 is 10.1 Å². The number of hydrogen-bond donors (Lipinski definition) is 1. The summed E-state index contributed by atoms with van der Waals surface area (Å²) in [5, 5.41) is 13.8. The summed E-state index contributed by atoms with van der Waals surface area (Å²) >= 11 is 0. The van der Waals surface area contributed by atoms with Crippen molar-refractivity contribution >= 4 is 5.69 Å². The highest BCUT2D eigenvalue weighted by Gasteiger charge is 2.20. The first-order chi connectivity index (χ1) is 9.58. The Bertz CT molecular complexity index is 477. The minimum Gasteiger partial charge on any atom is -0.493 e. The van der Waals surface area contributed by atoms with Crippen LogP contribution in [0.1, 0.15) is 24.8 Å². The normalized spacial score (nSPS) is 18.4. The zero-order chi connectivity index (χ0) is 14.5. The summed E-state index contributed by atoms with van der Waals surface area (Å²) in [5.74, 6) is 0.527. The average molecular weight is 286 g/mol. The van der Waals surface area contributed by atoms with Gasteiger partial charge in [0.05, 0.1) is 17.1 Å². The van der Waals surface area contributed by atoms with Crippen molar-refractivity contribution in [2.24, 2.45) is 5.92 Å². The van der Waals surface area contributed by atoms with E-state index in [1.165, 1.54) is 12.1 Å². The molecule has 7 heteroatoms. The van der Waals surface area contributed by atoms with Gasteiger partial charge in [-0.25, -0.2) is 8.78 Å². The molecule has 1 aromatic carbocycles. The van der Waals surface area contributed by atoms with Gasteiger partial charge in [-0.3, -0.25) is 10.1 Å². The van der Waals surface area contributed by atoms with E-state index < -0.39 is 16.9 Å². The summed E-state index contributed by atoms with van der Waals surface area (Å²) in [4.78, 5) is 9.89. The minimum absolute atomic E-state index is 0.0246. The molecule has 1 saturated heterocycles. The van der Waals surface area contributed by atoms with Crippen molar-refractivity contribution in [2.75, 3.05) is 19.7 Å². The third-order valence-corrected chi connectivity index (χ3v) is 3.39. The van der Waals surface area contributed by atoms with Crippen molar-refractivity contribution in [1.82, 2.24) is 5.32 Å². The van der Waals surface area contributed by atoms with Crippen LogP contribution in [0.2, 0.25) is 0 Å². The molecule has 0 saturated carbocycles. The second-order valence-corrected chi connectivity index (χ2v) is 4.78. The van der Waals surface area contributed by atoms with Crippen LogP contribution in [0.3, 0.4) is 0 Å². The predicted molar refractivity (Wildman–Crippen MR) is 69.1 cm³/mol. The first-order valence-electron chi connectivity index (χ1n) is 6.48. The summed E-state index contributed by atoms with van der Waals surface area (Å²) in [7, 11) is 0. The van der Waals surface area contributed by atoms with E-state index in [2.05, 4.69) is 5.32 Å². The van der Waals surface area contributed by atoms with E-state index in [1.807, 2.05) is 0 Å². The number of benzene rings is 1. The smallest absolute Gasteiger partial charge is 0.270 e. The predicted octanol–water partition coefficient (Wildman–Crippen LogP) is 2.91. The molecule has 0 bridgehead atoms. The first kappa shape index (κ1) is 14.6. The van der Waals surface area contributed by atoms with Gasteiger partial charge in [0, 0.05) is 12.1 Å². The van der Waals surface area contributed by atoms with Crippen LogP contribution in [0.5, 0.6) is 5.75 Å². The van der Waals surface area contributed by atoms with E-state index in [9.17, 15) is 18.9 Å². The molecule has 0 amide bonds. The molecule has 0 aromatic heterocycles. The van der Waals surface area contributed by atoms with Crippen LogP contribution >= 0.6 is 0 Å². The van der Waals surface area contributed by atoms with Gasteiger partial charge in [-0.15, -0.1) is 0 Å². The van der Waals surface area contributed by atoms with Crippen LogP contribution in [-0.2, 0) is 0 Å². The Morgan fingerprint density at radius 1 is 1.50 bits per heavy atom. The average Bonchev–Trinajstić information content (AvgIpc) is 2.91. The Kier molecular flexibility index (Phi) is 4.84. The van der Waals surface area contributed by atoms with Gasteiger partial charge >= 0.3 is 0 Å². The Balaban J connectivity index is 2.00. The second kappa shape index (κ2) is 6.60. The molecule has 0 aliphatic carbocycles. The summed E-state index contributed by atoms with van der Waals surface area (Å²) in [6.07, 6.45) is -0.948. The largest absolute Gasteiger partial charge is 0.493 e. The quantitative estimate of drug-likeness (QED) is 0.645. The molecule has 1 aliphatic rings. The van der Waals surface area contributed by atoms with Crippen molar-refractivity contribution in [3.8, 4) is 5.75 Å². The zero-order valence-electron chi connectivity index (χ0n) is 10.9. The zero-order valence-corrected chi connectivity index (χ0v) is 10.9. The van der Waals surface area contributed by atoms with Crippen molar-refractivity contribution in [2.45, 2.75) is 19.3 Å². The topological polar surface area (TPSA) is 64.4 Å². The van der Waals surface area contributed by atoms with E-state index in [-0.39, 0.29) is 11.4 Å². The number of nitro groups is 1. The maximum absolute atomic E-state index is 12.9. The fourth-order valence-electron chi connectivity index (χ4n) is 2.25. The lowest BCUT2D eigenvalue weighted by molar-refractivity contribution is -0.385.